The van der Waals surface area contributed by atoms with Crippen molar-refractivity contribution in [2.45, 2.75) is 11.8 Å². The van der Waals surface area contributed by atoms with Crippen LogP contribution in [0.1, 0.15) is 12.7 Å². The number of nitrogens with one attached hydrogen (secondary N) is 2. The first kappa shape index (κ1) is 20.4. The molecule has 0 bridgehead atoms. The lowest BCUT2D eigenvalue weighted by Gasteiger charge is -2.12. The molecule has 11 heteroatoms. The standard InChI is InChI=1S/C18H15ClN4O5S/c1-12(17-3-2-10-28-17)20-21-16-9-8-15(23(24)25)11-18(16)29(26,27)22-14-6-4-13(19)5-7-14/h2-11,21-22H,1H3/b20-12+. The number of nitro benzene ring substituents is 1. The molecular formula is C18H15ClN4O5S. The van der Waals surface area contributed by atoms with Crippen LogP contribution in [0.4, 0.5) is 17.1 Å². The minimum atomic E-state index is -4.17. The molecule has 0 aliphatic carbocycles. The lowest BCUT2D eigenvalue weighted by Crippen LogP contribution is -2.15. The first-order chi connectivity index (χ1) is 13.8. The molecule has 0 amide bonds. The van der Waals surface area contributed by atoms with Crippen molar-refractivity contribution in [3.63, 3.8) is 0 Å². The van der Waals surface area contributed by atoms with Gasteiger partial charge in [-0.25, -0.2) is 8.42 Å². The van der Waals surface area contributed by atoms with Gasteiger partial charge in [0.05, 0.1) is 16.9 Å². The zero-order chi connectivity index (χ0) is 21.0. The third-order valence-electron chi connectivity index (χ3n) is 3.78. The fraction of sp³-hybridized carbons (Fsp3) is 0.0556. The van der Waals surface area contributed by atoms with E-state index in [9.17, 15) is 18.5 Å². The number of non-ortho nitro benzene ring substituents is 1. The van der Waals surface area contributed by atoms with E-state index in [2.05, 4.69) is 15.2 Å². The molecule has 0 spiro atoms. The molecule has 29 heavy (non-hydrogen) atoms. The van der Waals surface area contributed by atoms with Gasteiger partial charge in [0.2, 0.25) is 0 Å². The van der Waals surface area contributed by atoms with Crippen LogP contribution in [0, 0.1) is 10.1 Å². The minimum Gasteiger partial charge on any atom is -0.463 e. The van der Waals surface area contributed by atoms with Gasteiger partial charge in [-0.2, -0.15) is 5.10 Å². The predicted molar refractivity (Wildman–Crippen MR) is 110 cm³/mol. The Hall–Kier alpha value is -3.37. The second-order valence-corrected chi connectivity index (χ2v) is 7.92. The average molecular weight is 435 g/mol. The molecule has 0 saturated carbocycles. The Morgan fingerprint density at radius 3 is 2.52 bits per heavy atom. The molecule has 0 atom stereocenters. The van der Waals surface area contributed by atoms with Crippen molar-refractivity contribution in [1.82, 2.24) is 0 Å². The molecule has 2 N–H and O–H groups in total. The second-order valence-electron chi connectivity index (χ2n) is 5.84. The number of sulfonamides is 1. The topological polar surface area (TPSA) is 127 Å². The number of anilines is 2. The zero-order valence-electron chi connectivity index (χ0n) is 15.0. The molecule has 1 heterocycles. The Balaban J connectivity index is 1.98. The van der Waals surface area contributed by atoms with Crippen LogP contribution < -0.4 is 10.1 Å². The first-order valence-electron chi connectivity index (χ1n) is 8.17. The van der Waals surface area contributed by atoms with Crippen molar-refractivity contribution in [1.29, 1.82) is 0 Å². The largest absolute Gasteiger partial charge is 0.463 e. The molecular weight excluding hydrogens is 420 g/mol. The van der Waals surface area contributed by atoms with Gasteiger partial charge in [-0.15, -0.1) is 0 Å². The van der Waals surface area contributed by atoms with Crippen molar-refractivity contribution in [2.24, 2.45) is 5.10 Å². The van der Waals surface area contributed by atoms with Crippen molar-refractivity contribution in [3.8, 4) is 0 Å². The molecule has 3 aromatic rings. The smallest absolute Gasteiger partial charge is 0.270 e. The van der Waals surface area contributed by atoms with E-state index in [4.69, 9.17) is 16.0 Å². The maximum atomic E-state index is 12.9. The van der Waals surface area contributed by atoms with E-state index < -0.39 is 14.9 Å². The summed E-state index contributed by atoms with van der Waals surface area (Å²) in [5.74, 6) is 0.489. The predicted octanol–water partition coefficient (Wildman–Crippen LogP) is 4.48. The van der Waals surface area contributed by atoms with E-state index in [1.165, 1.54) is 42.7 Å². The molecule has 3 rings (SSSR count). The molecule has 0 aliphatic rings. The number of benzene rings is 2. The van der Waals surface area contributed by atoms with Crippen LogP contribution in [-0.2, 0) is 10.0 Å². The fourth-order valence-electron chi connectivity index (χ4n) is 2.35. The van der Waals surface area contributed by atoms with Gasteiger partial charge in [0, 0.05) is 22.8 Å². The number of furan rings is 1. The first-order valence-corrected chi connectivity index (χ1v) is 10.0. The number of rotatable bonds is 7. The number of halogens is 1. The van der Waals surface area contributed by atoms with E-state index in [-0.39, 0.29) is 22.0 Å². The normalized spacial score (nSPS) is 11.9. The lowest BCUT2D eigenvalue weighted by atomic mass is 10.3. The molecule has 0 saturated heterocycles. The summed E-state index contributed by atoms with van der Waals surface area (Å²) in [5.41, 5.74) is 3.03. The summed E-state index contributed by atoms with van der Waals surface area (Å²) >= 11 is 5.81. The molecule has 0 radical (unpaired) electrons. The van der Waals surface area contributed by atoms with Crippen LogP contribution >= 0.6 is 11.6 Å². The van der Waals surface area contributed by atoms with Crippen LogP contribution in [-0.4, -0.2) is 19.1 Å². The van der Waals surface area contributed by atoms with Crippen LogP contribution in [0.15, 0.2) is 75.3 Å². The number of nitrogens with zero attached hydrogens (tertiary/aromatic N) is 2. The summed E-state index contributed by atoms with van der Waals surface area (Å²) in [6, 6.07) is 12.8. The second kappa shape index (κ2) is 8.33. The van der Waals surface area contributed by atoms with E-state index in [1.54, 1.807) is 19.1 Å². The Kier molecular flexibility index (Phi) is 5.85. The van der Waals surface area contributed by atoms with Crippen molar-refractivity contribution < 1.29 is 17.8 Å². The Morgan fingerprint density at radius 2 is 1.90 bits per heavy atom. The molecule has 9 nitrogen and oxygen atoms in total. The van der Waals surface area contributed by atoms with E-state index in [0.29, 0.717) is 16.5 Å². The van der Waals surface area contributed by atoms with Crippen molar-refractivity contribution in [2.75, 3.05) is 10.1 Å². The highest BCUT2D eigenvalue weighted by Crippen LogP contribution is 2.28. The summed E-state index contributed by atoms with van der Waals surface area (Å²) in [6.07, 6.45) is 1.48. The fourth-order valence-corrected chi connectivity index (χ4v) is 3.71. The van der Waals surface area contributed by atoms with E-state index in [0.717, 1.165) is 6.07 Å². The average Bonchev–Trinajstić information content (AvgIpc) is 3.22. The molecule has 0 unspecified atom stereocenters. The Morgan fingerprint density at radius 1 is 1.17 bits per heavy atom. The highest BCUT2D eigenvalue weighted by molar-refractivity contribution is 7.92. The maximum absolute atomic E-state index is 12.9. The summed E-state index contributed by atoms with van der Waals surface area (Å²) in [4.78, 5) is 10.1. The summed E-state index contributed by atoms with van der Waals surface area (Å²) in [7, 11) is -4.17. The number of hydrazone groups is 1. The molecule has 150 valence electrons. The van der Waals surface area contributed by atoms with Crippen LogP contribution in [0.25, 0.3) is 0 Å². The van der Waals surface area contributed by atoms with Gasteiger partial charge >= 0.3 is 0 Å². The van der Waals surface area contributed by atoms with Crippen molar-refractivity contribution in [3.05, 3.63) is 81.8 Å². The third-order valence-corrected chi connectivity index (χ3v) is 5.46. The highest BCUT2D eigenvalue weighted by atomic mass is 35.5. The number of hydrogen-bond acceptors (Lipinski definition) is 7. The minimum absolute atomic E-state index is 0.0583. The quantitative estimate of drug-likeness (QED) is 0.320. The van der Waals surface area contributed by atoms with Crippen LogP contribution in [0.5, 0.6) is 0 Å². The Labute approximate surface area is 171 Å². The van der Waals surface area contributed by atoms with Gasteiger partial charge in [0.1, 0.15) is 16.4 Å². The SMILES string of the molecule is C/C(=N\Nc1ccc([N+](=O)[O-])cc1S(=O)(=O)Nc1ccc(Cl)cc1)c1ccco1. The number of nitro groups is 1. The van der Waals surface area contributed by atoms with Crippen molar-refractivity contribution >= 4 is 44.4 Å². The van der Waals surface area contributed by atoms with E-state index >= 15 is 0 Å². The monoisotopic (exact) mass is 434 g/mol. The van der Waals surface area contributed by atoms with Gasteiger partial charge in [-0.1, -0.05) is 11.6 Å². The number of hydrogen-bond donors (Lipinski definition) is 2. The van der Waals surface area contributed by atoms with Gasteiger partial charge in [-0.05, 0) is 49.4 Å². The molecule has 0 fully saturated rings. The van der Waals surface area contributed by atoms with Gasteiger partial charge < -0.3 is 4.42 Å². The summed E-state index contributed by atoms with van der Waals surface area (Å²) in [6.45, 7) is 1.66. The summed E-state index contributed by atoms with van der Waals surface area (Å²) in [5, 5.41) is 15.7. The maximum Gasteiger partial charge on any atom is 0.270 e. The zero-order valence-corrected chi connectivity index (χ0v) is 16.6. The van der Waals surface area contributed by atoms with Gasteiger partial charge in [-0.3, -0.25) is 20.3 Å². The third kappa shape index (κ3) is 4.92. The summed E-state index contributed by atoms with van der Waals surface area (Å²) < 4.78 is 33.4. The molecule has 2 aromatic carbocycles. The lowest BCUT2D eigenvalue weighted by molar-refractivity contribution is -0.385. The molecule has 1 aromatic heterocycles. The highest BCUT2D eigenvalue weighted by Gasteiger charge is 2.23. The van der Waals surface area contributed by atoms with Crippen LogP contribution in [0.2, 0.25) is 5.02 Å². The molecule has 0 aliphatic heterocycles. The van der Waals surface area contributed by atoms with Crippen LogP contribution in [0.3, 0.4) is 0 Å². The van der Waals surface area contributed by atoms with Gasteiger partial charge in [0.15, 0.2) is 0 Å². The van der Waals surface area contributed by atoms with Gasteiger partial charge in [0.25, 0.3) is 15.7 Å². The van der Waals surface area contributed by atoms with E-state index in [1.807, 2.05) is 0 Å². The Bertz CT molecular complexity index is 1160.